The minimum Gasteiger partial charge on any atom is -0.384 e. The molecule has 0 aliphatic heterocycles. The molecule has 5 nitrogen and oxygen atoms in total. The van der Waals surface area contributed by atoms with E-state index in [4.69, 9.17) is 0 Å². The molecule has 15 heavy (non-hydrogen) atoms. The lowest BCUT2D eigenvalue weighted by Gasteiger charge is -2.06. The molecule has 0 saturated carbocycles. The Morgan fingerprint density at radius 1 is 1.20 bits per heavy atom. The zero-order valence-corrected chi connectivity index (χ0v) is 10.9. The van der Waals surface area contributed by atoms with Crippen molar-refractivity contribution in [2.24, 2.45) is 0 Å². The van der Waals surface area contributed by atoms with Gasteiger partial charge in [-0.3, -0.25) is 0 Å². The summed E-state index contributed by atoms with van der Waals surface area (Å²) in [4.78, 5) is 0. The second-order valence-corrected chi connectivity index (χ2v) is 4.88. The number of ether oxygens (including phenoxy) is 1. The molecular formula is C8H21ClN2O3S. The first-order valence-electron chi connectivity index (χ1n) is 4.79. The normalized spacial score (nSPS) is 11.1. The van der Waals surface area contributed by atoms with E-state index < -0.39 is 10.0 Å². The first-order chi connectivity index (χ1) is 6.62. The number of sulfonamides is 1. The Kier molecular flexibility index (Phi) is 12.4. The molecule has 0 aromatic rings. The topological polar surface area (TPSA) is 67.4 Å². The molecule has 0 aliphatic carbocycles. The van der Waals surface area contributed by atoms with Crippen LogP contribution in [-0.4, -0.2) is 47.5 Å². The van der Waals surface area contributed by atoms with Gasteiger partial charge < -0.3 is 10.1 Å². The summed E-state index contributed by atoms with van der Waals surface area (Å²) < 4.78 is 29.6. The van der Waals surface area contributed by atoms with Crippen molar-refractivity contribution < 1.29 is 13.2 Å². The highest BCUT2D eigenvalue weighted by Gasteiger charge is 2.07. The molecular weight excluding hydrogens is 240 g/mol. The Hall–Kier alpha value is 0.120. The van der Waals surface area contributed by atoms with Crippen molar-refractivity contribution in [3.63, 3.8) is 0 Å². The molecule has 0 bridgehead atoms. The summed E-state index contributed by atoms with van der Waals surface area (Å²) >= 11 is 0. The van der Waals surface area contributed by atoms with E-state index in [9.17, 15) is 8.42 Å². The van der Waals surface area contributed by atoms with Gasteiger partial charge in [-0.05, 0) is 13.0 Å². The predicted molar refractivity (Wildman–Crippen MR) is 64.1 cm³/mol. The van der Waals surface area contributed by atoms with Crippen LogP contribution in [0.25, 0.3) is 0 Å². The largest absolute Gasteiger partial charge is 0.384 e. The van der Waals surface area contributed by atoms with Crippen LogP contribution >= 0.6 is 12.4 Å². The van der Waals surface area contributed by atoms with Crippen molar-refractivity contribution in [1.29, 1.82) is 0 Å². The van der Waals surface area contributed by atoms with Gasteiger partial charge in [-0.15, -0.1) is 12.4 Å². The maximum atomic E-state index is 11.2. The highest BCUT2D eigenvalue weighted by atomic mass is 35.5. The fraction of sp³-hybridized carbons (Fsp3) is 1.00. The van der Waals surface area contributed by atoms with Gasteiger partial charge in [0.15, 0.2) is 0 Å². The van der Waals surface area contributed by atoms with Gasteiger partial charge in [0.1, 0.15) is 0 Å². The minimum atomic E-state index is -3.15. The maximum Gasteiger partial charge on any atom is 0.213 e. The van der Waals surface area contributed by atoms with Gasteiger partial charge in [-0.1, -0.05) is 6.92 Å². The van der Waals surface area contributed by atoms with Crippen molar-refractivity contribution in [3.8, 4) is 0 Å². The van der Waals surface area contributed by atoms with Gasteiger partial charge in [0.25, 0.3) is 0 Å². The van der Waals surface area contributed by atoms with E-state index in [1.165, 1.54) is 7.11 Å². The molecule has 0 fully saturated rings. The summed E-state index contributed by atoms with van der Waals surface area (Å²) in [6.07, 6.45) is 1.05. The Labute approximate surface area is 98.4 Å². The average molecular weight is 261 g/mol. The van der Waals surface area contributed by atoms with Crippen LogP contribution in [0.2, 0.25) is 0 Å². The zero-order chi connectivity index (χ0) is 10.9. The Bertz CT molecular complexity index is 222. The quantitative estimate of drug-likeness (QED) is 0.572. The number of methoxy groups -OCH3 is 1. The highest BCUT2D eigenvalue weighted by molar-refractivity contribution is 7.89. The van der Waals surface area contributed by atoms with Crippen molar-refractivity contribution in [3.05, 3.63) is 0 Å². The van der Waals surface area contributed by atoms with E-state index in [-0.39, 0.29) is 24.8 Å². The third-order valence-corrected chi connectivity index (χ3v) is 2.95. The summed E-state index contributed by atoms with van der Waals surface area (Å²) in [5.41, 5.74) is 0. The van der Waals surface area contributed by atoms with Crippen molar-refractivity contribution >= 4 is 22.4 Å². The summed E-state index contributed by atoms with van der Waals surface area (Å²) in [6, 6.07) is 0. The van der Waals surface area contributed by atoms with E-state index >= 15 is 0 Å². The SMILES string of the molecule is CCCNCCNS(=O)(=O)CCOC.Cl. The zero-order valence-electron chi connectivity index (χ0n) is 9.28. The predicted octanol–water partition coefficient (Wildman–Crippen LogP) is -0.0264. The lowest BCUT2D eigenvalue weighted by Crippen LogP contribution is -2.34. The lowest BCUT2D eigenvalue weighted by molar-refractivity contribution is 0.217. The van der Waals surface area contributed by atoms with E-state index in [1.54, 1.807) is 0 Å². The summed E-state index contributed by atoms with van der Waals surface area (Å²) in [5, 5.41) is 3.11. The van der Waals surface area contributed by atoms with E-state index in [0.717, 1.165) is 13.0 Å². The van der Waals surface area contributed by atoms with Crippen LogP contribution in [0.3, 0.4) is 0 Å². The number of hydrogen-bond acceptors (Lipinski definition) is 4. The highest BCUT2D eigenvalue weighted by Crippen LogP contribution is 1.83. The molecule has 0 amide bonds. The number of hydrogen-bond donors (Lipinski definition) is 2. The van der Waals surface area contributed by atoms with Crippen molar-refractivity contribution in [2.45, 2.75) is 13.3 Å². The van der Waals surface area contributed by atoms with Crippen LogP contribution in [0.15, 0.2) is 0 Å². The molecule has 0 spiro atoms. The van der Waals surface area contributed by atoms with Gasteiger partial charge in [0.05, 0.1) is 12.4 Å². The first kappa shape index (κ1) is 17.5. The van der Waals surface area contributed by atoms with Gasteiger partial charge in [0.2, 0.25) is 10.0 Å². The Balaban J connectivity index is 0. The second kappa shape index (κ2) is 10.6. The molecule has 0 heterocycles. The number of rotatable bonds is 9. The third-order valence-electron chi connectivity index (χ3n) is 1.61. The number of halogens is 1. The lowest BCUT2D eigenvalue weighted by atomic mass is 10.5. The fourth-order valence-electron chi connectivity index (χ4n) is 0.862. The van der Waals surface area contributed by atoms with E-state index in [2.05, 4.69) is 21.7 Å². The molecule has 7 heteroatoms. The molecule has 2 N–H and O–H groups in total. The molecule has 0 saturated heterocycles. The molecule has 0 aliphatic rings. The van der Waals surface area contributed by atoms with Gasteiger partial charge in [0, 0.05) is 20.2 Å². The fourth-order valence-corrected chi connectivity index (χ4v) is 1.81. The molecule has 0 aromatic heterocycles. The number of nitrogens with one attached hydrogen (secondary N) is 2. The van der Waals surface area contributed by atoms with Gasteiger partial charge in [-0.25, -0.2) is 13.1 Å². The molecule has 0 rings (SSSR count). The Morgan fingerprint density at radius 3 is 2.40 bits per heavy atom. The van der Waals surface area contributed by atoms with Crippen molar-refractivity contribution in [2.75, 3.05) is 39.1 Å². The molecule has 0 aromatic carbocycles. The van der Waals surface area contributed by atoms with Crippen LogP contribution < -0.4 is 10.0 Å². The van der Waals surface area contributed by atoms with E-state index in [1.807, 2.05) is 0 Å². The second-order valence-electron chi connectivity index (χ2n) is 2.96. The van der Waals surface area contributed by atoms with Crippen LogP contribution in [0.5, 0.6) is 0 Å². The average Bonchev–Trinajstić information content (AvgIpc) is 2.15. The van der Waals surface area contributed by atoms with E-state index in [0.29, 0.717) is 13.1 Å². The molecule has 0 unspecified atom stereocenters. The Morgan fingerprint density at radius 2 is 1.87 bits per heavy atom. The maximum absolute atomic E-state index is 11.2. The summed E-state index contributed by atoms with van der Waals surface area (Å²) in [7, 11) is -1.66. The summed E-state index contributed by atoms with van der Waals surface area (Å²) in [5.74, 6) is 0.0251. The van der Waals surface area contributed by atoms with Crippen LogP contribution in [0, 0.1) is 0 Å². The molecule has 94 valence electrons. The van der Waals surface area contributed by atoms with Crippen LogP contribution in [-0.2, 0) is 14.8 Å². The standard InChI is InChI=1S/C8H20N2O3S.ClH/c1-3-4-9-5-6-10-14(11,12)8-7-13-2;/h9-10H,3-8H2,1-2H3;1H. The summed E-state index contributed by atoms with van der Waals surface area (Å²) in [6.45, 7) is 4.32. The van der Waals surface area contributed by atoms with Crippen LogP contribution in [0.1, 0.15) is 13.3 Å². The minimum absolute atomic E-state index is 0. The van der Waals surface area contributed by atoms with Crippen LogP contribution in [0.4, 0.5) is 0 Å². The smallest absolute Gasteiger partial charge is 0.213 e. The van der Waals surface area contributed by atoms with Gasteiger partial charge in [-0.2, -0.15) is 0 Å². The first-order valence-corrected chi connectivity index (χ1v) is 6.44. The molecule has 0 radical (unpaired) electrons. The van der Waals surface area contributed by atoms with Gasteiger partial charge >= 0.3 is 0 Å². The molecule has 0 atom stereocenters. The monoisotopic (exact) mass is 260 g/mol. The third kappa shape index (κ3) is 12.0. The van der Waals surface area contributed by atoms with Crippen molar-refractivity contribution in [1.82, 2.24) is 10.0 Å².